The van der Waals surface area contributed by atoms with Crippen molar-refractivity contribution in [3.05, 3.63) is 156 Å². The maximum absolute atomic E-state index is 12.5. The standard InChI is InChI=1S/C25H22P.C6BF8/c1-5-13-22(14-6-1)21-26(23-15-7-2-8-16-23,24-17-9-3-10-18-24)25-19-11-4-12-20-25;8-2-1(7(13,14)15)3(9)5(11)6(12)4(2)10/h1-20H,21H2;/q+1;-1. The molecular formula is C31H22BF8P. The first-order chi connectivity index (χ1) is 19.6. The van der Waals surface area contributed by atoms with E-state index in [1.165, 1.54) is 21.5 Å². The molecule has 0 bridgehead atoms. The van der Waals surface area contributed by atoms with Gasteiger partial charge in [-0.15, -0.1) is 0 Å². The first kappa shape index (κ1) is 30.0. The van der Waals surface area contributed by atoms with Crippen LogP contribution in [0.25, 0.3) is 0 Å². The average Bonchev–Trinajstić information content (AvgIpc) is 2.99. The van der Waals surface area contributed by atoms with Crippen molar-refractivity contribution in [1.29, 1.82) is 0 Å². The maximum Gasteiger partial charge on any atom is 0.515 e. The summed E-state index contributed by atoms with van der Waals surface area (Å²) >= 11 is 0. The van der Waals surface area contributed by atoms with Crippen LogP contribution in [0.2, 0.25) is 0 Å². The molecule has 0 N–H and O–H groups in total. The molecule has 0 aliphatic carbocycles. The molecule has 0 nitrogen and oxygen atoms in total. The van der Waals surface area contributed by atoms with E-state index < -0.39 is 48.8 Å². The fourth-order valence-corrected chi connectivity index (χ4v) is 8.78. The molecule has 0 aliphatic rings. The van der Waals surface area contributed by atoms with Crippen LogP contribution in [0.3, 0.4) is 0 Å². The summed E-state index contributed by atoms with van der Waals surface area (Å²) in [5.41, 5.74) is -1.34. The Morgan fingerprint density at radius 3 is 1.02 bits per heavy atom. The summed E-state index contributed by atoms with van der Waals surface area (Å²) in [6, 6.07) is 44.0. The normalized spacial score (nSPS) is 11.5. The number of halogens is 8. The summed E-state index contributed by atoms with van der Waals surface area (Å²) in [5, 5.41) is 4.30. The van der Waals surface area contributed by atoms with Crippen LogP contribution in [0.5, 0.6) is 0 Å². The summed E-state index contributed by atoms with van der Waals surface area (Å²) in [6.45, 7) is -6.30. The lowest BCUT2D eigenvalue weighted by Crippen LogP contribution is -2.41. The lowest BCUT2D eigenvalue weighted by molar-refractivity contribution is 0.377. The molecular weight excluding hydrogens is 566 g/mol. The van der Waals surface area contributed by atoms with E-state index >= 15 is 0 Å². The van der Waals surface area contributed by atoms with Crippen LogP contribution in [0.4, 0.5) is 34.9 Å². The molecule has 0 atom stereocenters. The molecule has 41 heavy (non-hydrogen) atoms. The molecule has 0 fully saturated rings. The van der Waals surface area contributed by atoms with E-state index in [9.17, 15) is 34.9 Å². The predicted octanol–water partition coefficient (Wildman–Crippen LogP) is 7.62. The Labute approximate surface area is 232 Å². The second-order valence-electron chi connectivity index (χ2n) is 9.02. The van der Waals surface area contributed by atoms with Gasteiger partial charge in [-0.25, -0.2) is 22.0 Å². The zero-order valence-electron chi connectivity index (χ0n) is 21.3. The van der Waals surface area contributed by atoms with Crippen LogP contribution < -0.4 is 21.4 Å². The van der Waals surface area contributed by atoms with Gasteiger partial charge in [0.1, 0.15) is 34.8 Å². The van der Waals surface area contributed by atoms with E-state index in [1.807, 2.05) is 0 Å². The van der Waals surface area contributed by atoms with Crippen molar-refractivity contribution >= 4 is 35.6 Å². The second-order valence-corrected chi connectivity index (χ2v) is 12.5. The Bertz CT molecular complexity index is 1450. The van der Waals surface area contributed by atoms with E-state index in [4.69, 9.17) is 0 Å². The second kappa shape index (κ2) is 12.7. The molecule has 5 aromatic rings. The first-order valence-electron chi connectivity index (χ1n) is 12.4. The highest BCUT2D eigenvalue weighted by Crippen LogP contribution is 2.58. The molecule has 0 saturated carbocycles. The lowest BCUT2D eigenvalue weighted by Gasteiger charge is -2.27. The molecule has 5 rings (SSSR count). The predicted molar refractivity (Wildman–Crippen MR) is 150 cm³/mol. The lowest BCUT2D eigenvalue weighted by atomic mass is 9.79. The van der Waals surface area contributed by atoms with E-state index in [2.05, 4.69) is 121 Å². The molecule has 0 spiro atoms. The van der Waals surface area contributed by atoms with Crippen LogP contribution in [0.15, 0.2) is 121 Å². The Morgan fingerprint density at radius 2 is 0.707 bits per heavy atom. The summed E-state index contributed by atoms with van der Waals surface area (Å²) < 4.78 is 97.6. The Balaban J connectivity index is 0.000000221. The van der Waals surface area contributed by atoms with Crippen LogP contribution in [0, 0.1) is 29.1 Å². The fraction of sp³-hybridized carbons (Fsp3) is 0.0323. The summed E-state index contributed by atoms with van der Waals surface area (Å²) in [7, 11) is -1.78. The van der Waals surface area contributed by atoms with Gasteiger partial charge in [0.15, 0.2) is 17.5 Å². The van der Waals surface area contributed by atoms with Gasteiger partial charge in [-0.2, -0.15) is 0 Å². The van der Waals surface area contributed by atoms with Crippen molar-refractivity contribution in [3.8, 4) is 0 Å². The minimum atomic E-state index is -6.30. The molecule has 5 aromatic carbocycles. The smallest absolute Gasteiger partial charge is 0.445 e. The van der Waals surface area contributed by atoms with Crippen LogP contribution in [-0.4, -0.2) is 6.98 Å². The van der Waals surface area contributed by atoms with Crippen molar-refractivity contribution in [3.63, 3.8) is 0 Å². The molecule has 10 heteroatoms. The third-order valence-corrected chi connectivity index (χ3v) is 10.8. The summed E-state index contributed by atoms with van der Waals surface area (Å²) in [4.78, 5) is 0. The van der Waals surface area contributed by atoms with Crippen molar-refractivity contribution in [2.24, 2.45) is 0 Å². The van der Waals surface area contributed by atoms with Gasteiger partial charge in [-0.1, -0.05) is 84.9 Å². The van der Waals surface area contributed by atoms with Gasteiger partial charge in [-0.05, 0) is 47.4 Å². The van der Waals surface area contributed by atoms with Gasteiger partial charge >= 0.3 is 6.98 Å². The molecule has 0 amide bonds. The van der Waals surface area contributed by atoms with Gasteiger partial charge in [0, 0.05) is 0 Å². The average molecular weight is 588 g/mol. The van der Waals surface area contributed by atoms with E-state index in [1.54, 1.807) is 0 Å². The molecule has 0 saturated heterocycles. The van der Waals surface area contributed by atoms with E-state index in [-0.39, 0.29) is 0 Å². The Kier molecular flexibility index (Phi) is 9.29. The van der Waals surface area contributed by atoms with Crippen LogP contribution >= 0.6 is 7.26 Å². The van der Waals surface area contributed by atoms with E-state index in [0.717, 1.165) is 6.16 Å². The number of rotatable bonds is 6. The molecule has 0 heterocycles. The Hall–Kier alpha value is -3.97. The van der Waals surface area contributed by atoms with Crippen molar-refractivity contribution < 1.29 is 34.9 Å². The summed E-state index contributed by atoms with van der Waals surface area (Å²) in [5.74, 6) is -13.6. The first-order valence-corrected chi connectivity index (χ1v) is 14.3. The number of hydrogen-bond donors (Lipinski definition) is 0. The highest BCUT2D eigenvalue weighted by atomic mass is 31.2. The summed E-state index contributed by atoms with van der Waals surface area (Å²) in [6.07, 6.45) is 1.03. The minimum absolute atomic E-state index is 1.03. The third kappa shape index (κ3) is 6.36. The SMILES string of the molecule is Fc1c(F)c(F)c([B-](F)(F)F)c(F)c1F.c1ccc(C[P+](c2ccccc2)(c2ccccc2)c2ccccc2)cc1. The van der Waals surface area contributed by atoms with Gasteiger partial charge in [-0.3, -0.25) is 0 Å². The molecule has 210 valence electrons. The highest BCUT2D eigenvalue weighted by Gasteiger charge is 2.45. The zero-order valence-corrected chi connectivity index (χ0v) is 22.2. The monoisotopic (exact) mass is 588 g/mol. The fourth-order valence-electron chi connectivity index (χ4n) is 4.54. The van der Waals surface area contributed by atoms with Gasteiger partial charge < -0.3 is 12.9 Å². The van der Waals surface area contributed by atoms with Gasteiger partial charge in [0.25, 0.3) is 0 Å². The topological polar surface area (TPSA) is 0 Å². The number of hydrogen-bond acceptors (Lipinski definition) is 0. The molecule has 0 aliphatic heterocycles. The van der Waals surface area contributed by atoms with Gasteiger partial charge in [0.2, 0.25) is 0 Å². The molecule has 0 radical (unpaired) electrons. The Morgan fingerprint density at radius 1 is 0.415 bits per heavy atom. The quantitative estimate of drug-likeness (QED) is 0.0630. The maximum atomic E-state index is 12.5. The third-order valence-electron chi connectivity index (χ3n) is 6.42. The zero-order chi connectivity index (χ0) is 29.6. The number of benzene rings is 5. The van der Waals surface area contributed by atoms with Crippen molar-refractivity contribution in [2.45, 2.75) is 6.16 Å². The largest absolute Gasteiger partial charge is 0.515 e. The van der Waals surface area contributed by atoms with Gasteiger partial charge in [0.05, 0.1) is 6.16 Å². The molecule has 0 aromatic heterocycles. The van der Waals surface area contributed by atoms with E-state index in [0.29, 0.717) is 0 Å². The van der Waals surface area contributed by atoms with Crippen molar-refractivity contribution in [2.75, 3.05) is 0 Å². The minimum Gasteiger partial charge on any atom is -0.445 e. The highest BCUT2D eigenvalue weighted by molar-refractivity contribution is 7.95. The van der Waals surface area contributed by atoms with Crippen LogP contribution in [-0.2, 0) is 6.16 Å². The van der Waals surface area contributed by atoms with Crippen LogP contribution in [0.1, 0.15) is 5.56 Å². The molecule has 0 unspecified atom stereocenters. The van der Waals surface area contributed by atoms with Crippen molar-refractivity contribution in [1.82, 2.24) is 0 Å².